The summed E-state index contributed by atoms with van der Waals surface area (Å²) in [6, 6.07) is 0. The molecule has 0 amide bonds. The van der Waals surface area contributed by atoms with Crippen LogP contribution in [0.2, 0.25) is 0 Å². The van der Waals surface area contributed by atoms with E-state index in [9.17, 15) is 0 Å². The van der Waals surface area contributed by atoms with E-state index in [0.29, 0.717) is 0 Å². The van der Waals surface area contributed by atoms with Gasteiger partial charge in [-0.3, -0.25) is 0 Å². The summed E-state index contributed by atoms with van der Waals surface area (Å²) in [5, 5.41) is 0. The van der Waals surface area contributed by atoms with Gasteiger partial charge in [0.1, 0.15) is 0 Å². The Kier molecular flexibility index (Phi) is 23.5. The number of rotatable bonds is 0. The first-order valence-corrected chi connectivity index (χ1v) is 6.71. The largest absolute Gasteiger partial charge is 4.00 e. The molecule has 0 aromatic carbocycles. The van der Waals surface area contributed by atoms with E-state index >= 15 is 0 Å². The van der Waals surface area contributed by atoms with Crippen LogP contribution in [0.5, 0.6) is 0 Å². The molecule has 0 N–H and O–H groups in total. The first kappa shape index (κ1) is 17.0. The predicted octanol–water partition coefficient (Wildman–Crippen LogP) is -5.76. The third kappa shape index (κ3) is 194. The molecule has 0 fully saturated rings. The Morgan fingerprint density at radius 3 is 0.778 bits per heavy atom. The SMILES string of the molecule is O=[Te]([O-])[O-].O=[Te]([O-])[O-].[Ti+4]. The van der Waals surface area contributed by atoms with Crippen molar-refractivity contribution >= 4 is 40.7 Å². The van der Waals surface area contributed by atoms with E-state index in [4.69, 9.17) is 20.1 Å². The van der Waals surface area contributed by atoms with Crippen LogP contribution in [-0.2, 0) is 27.9 Å². The Balaban J connectivity index is -0.0000000720. The average Bonchev–Trinajstić information content (AvgIpc) is 1.25. The molecule has 0 aliphatic rings. The van der Waals surface area contributed by atoms with Crippen molar-refractivity contribution in [3.05, 3.63) is 0 Å². The van der Waals surface area contributed by atoms with Crippen molar-refractivity contribution in [3.8, 4) is 0 Å². The zero-order valence-corrected chi connectivity index (χ0v) is 9.99. The second kappa shape index (κ2) is 12.4. The summed E-state index contributed by atoms with van der Waals surface area (Å²) in [6.07, 6.45) is 0. The molecule has 9 heteroatoms. The number of hydrogen-bond acceptors (Lipinski definition) is 6. The van der Waals surface area contributed by atoms with Gasteiger partial charge < -0.3 is 0 Å². The van der Waals surface area contributed by atoms with Crippen LogP contribution in [0.1, 0.15) is 0 Å². The van der Waals surface area contributed by atoms with Crippen molar-refractivity contribution in [1.82, 2.24) is 0 Å². The van der Waals surface area contributed by atoms with E-state index < -0.39 is 40.7 Å². The summed E-state index contributed by atoms with van der Waals surface area (Å²) in [5.41, 5.74) is 0. The smallest absolute Gasteiger partial charge is 4.00 e. The standard InChI is InChI=1S/2H2O3Te.Ti/c2*1-4(2)3;/h2*(H2,1,2,3);/q;;+4/p-4. The van der Waals surface area contributed by atoms with Gasteiger partial charge in [-0.2, -0.15) is 0 Å². The fourth-order valence-corrected chi connectivity index (χ4v) is 0. The van der Waals surface area contributed by atoms with Gasteiger partial charge in [-0.25, -0.2) is 0 Å². The van der Waals surface area contributed by atoms with Crippen molar-refractivity contribution in [1.29, 1.82) is 0 Å². The maximum absolute atomic E-state index is 8.59. The Morgan fingerprint density at radius 2 is 0.778 bits per heavy atom. The summed E-state index contributed by atoms with van der Waals surface area (Å²) in [5.74, 6) is 0. The van der Waals surface area contributed by atoms with E-state index in [-0.39, 0.29) is 21.7 Å². The summed E-state index contributed by atoms with van der Waals surface area (Å²) >= 11 is -8.21. The molecule has 0 aromatic rings. The summed E-state index contributed by atoms with van der Waals surface area (Å²) < 4.78 is 51.5. The van der Waals surface area contributed by atoms with E-state index in [1.54, 1.807) is 0 Å². The summed E-state index contributed by atoms with van der Waals surface area (Å²) in [4.78, 5) is 0. The van der Waals surface area contributed by atoms with Gasteiger partial charge in [-0.05, 0) is 0 Å². The van der Waals surface area contributed by atoms with E-state index in [1.807, 2.05) is 0 Å². The van der Waals surface area contributed by atoms with Crippen molar-refractivity contribution < 1.29 is 41.8 Å². The average molecular weight is 399 g/mol. The zero-order chi connectivity index (χ0) is 7.15. The molecule has 0 bridgehead atoms. The molecule has 0 aliphatic heterocycles. The normalized spacial score (nSPS) is 7.78. The molecular weight excluding hydrogens is 399 g/mol. The maximum Gasteiger partial charge on any atom is 4.00 e. The van der Waals surface area contributed by atoms with Crippen LogP contribution in [0.25, 0.3) is 0 Å². The third-order valence-electron chi connectivity index (χ3n) is 0. The van der Waals surface area contributed by atoms with Crippen LogP contribution in [0, 0.1) is 0 Å². The van der Waals surface area contributed by atoms with Crippen LogP contribution in [0.3, 0.4) is 0 Å². The molecule has 0 rings (SSSR count). The maximum atomic E-state index is 8.59. The molecule has 0 saturated heterocycles. The van der Waals surface area contributed by atoms with Crippen molar-refractivity contribution in [2.24, 2.45) is 0 Å². The first-order valence-electron chi connectivity index (χ1n) is 1.00. The third-order valence-corrected chi connectivity index (χ3v) is 0. The Bertz CT molecular complexity index is 69.1. The minimum absolute atomic E-state index is 0. The molecule has 6 nitrogen and oxygen atoms in total. The molecular formula is O6Te2Ti. The fourth-order valence-electron chi connectivity index (χ4n) is 0. The molecule has 0 heterocycles. The van der Waals surface area contributed by atoms with Crippen molar-refractivity contribution in [2.45, 2.75) is 0 Å². The summed E-state index contributed by atoms with van der Waals surface area (Å²) in [7, 11) is 0. The second-order valence-electron chi connectivity index (χ2n) is 0.408. The van der Waals surface area contributed by atoms with Gasteiger partial charge in [-0.15, -0.1) is 0 Å². The van der Waals surface area contributed by atoms with Gasteiger partial charge in [0.15, 0.2) is 0 Å². The molecule has 0 atom stereocenters. The molecule has 52 valence electrons. The Labute approximate surface area is 81.6 Å². The molecule has 0 unspecified atom stereocenters. The minimum atomic E-state index is -4.11. The first-order chi connectivity index (χ1) is 3.46. The predicted molar refractivity (Wildman–Crippen MR) is 12.9 cm³/mol. The Hall–Kier alpha value is 1.73. The van der Waals surface area contributed by atoms with E-state index in [1.165, 1.54) is 0 Å². The quantitative estimate of drug-likeness (QED) is 0.374. The van der Waals surface area contributed by atoms with Crippen LogP contribution in [-0.4, -0.2) is 40.7 Å². The molecule has 0 aliphatic carbocycles. The summed E-state index contributed by atoms with van der Waals surface area (Å²) in [6.45, 7) is 0. The minimum Gasteiger partial charge on any atom is 4.00 e. The molecule has 0 aromatic heterocycles. The van der Waals surface area contributed by atoms with Crippen LogP contribution in [0.15, 0.2) is 0 Å². The Morgan fingerprint density at radius 1 is 0.778 bits per heavy atom. The second-order valence-corrected chi connectivity index (χ2v) is 2.74. The fraction of sp³-hybridized carbons (Fsp3) is 0. The van der Waals surface area contributed by atoms with Crippen molar-refractivity contribution in [3.63, 3.8) is 0 Å². The molecule has 9 heavy (non-hydrogen) atoms. The topological polar surface area (TPSA) is 126 Å². The van der Waals surface area contributed by atoms with Gasteiger partial charge in [0.05, 0.1) is 0 Å². The van der Waals surface area contributed by atoms with Crippen LogP contribution < -0.4 is 13.9 Å². The zero-order valence-electron chi connectivity index (χ0n) is 3.77. The van der Waals surface area contributed by atoms with Gasteiger partial charge >= 0.3 is 82.5 Å². The van der Waals surface area contributed by atoms with Gasteiger partial charge in [-0.1, -0.05) is 0 Å². The molecule has 0 saturated carbocycles. The molecule has 0 radical (unpaired) electrons. The monoisotopic (exact) mass is 404 g/mol. The number of hydrogen-bond donors (Lipinski definition) is 0. The van der Waals surface area contributed by atoms with Crippen LogP contribution >= 0.6 is 0 Å². The van der Waals surface area contributed by atoms with Gasteiger partial charge in [0.25, 0.3) is 0 Å². The van der Waals surface area contributed by atoms with E-state index in [2.05, 4.69) is 0 Å². The van der Waals surface area contributed by atoms with Crippen molar-refractivity contribution in [2.75, 3.05) is 0 Å². The molecule has 0 spiro atoms. The van der Waals surface area contributed by atoms with Gasteiger partial charge in [0, 0.05) is 0 Å². The van der Waals surface area contributed by atoms with E-state index in [0.717, 1.165) is 0 Å². The van der Waals surface area contributed by atoms with Gasteiger partial charge in [0.2, 0.25) is 0 Å². The van der Waals surface area contributed by atoms with Crippen LogP contribution in [0.4, 0.5) is 0 Å².